The predicted octanol–water partition coefficient (Wildman–Crippen LogP) is 1.35. The fourth-order valence-corrected chi connectivity index (χ4v) is 3.19. The van der Waals surface area contributed by atoms with Crippen molar-refractivity contribution in [2.45, 2.75) is 36.9 Å². The Morgan fingerprint density at radius 2 is 2.22 bits per heavy atom. The summed E-state index contributed by atoms with van der Waals surface area (Å²) in [5.41, 5.74) is 0. The number of ether oxygens (including phenoxy) is 2. The van der Waals surface area contributed by atoms with Crippen LogP contribution in [0.2, 0.25) is 0 Å². The number of nitrogens with one attached hydrogen (secondary N) is 1. The molecule has 1 aliphatic heterocycles. The maximum Gasteiger partial charge on any atom is 0.267 e. The Balaban J connectivity index is 1.98. The standard InChI is InChI=1S/C14H17F2NO5S/c1-9(22-8-11-3-2-6-21-11)14(18)17-23(19,20)13-7-10(15)4-5-12(13)16/h4-5,7,9,11H,2-3,6,8H2,1H3,(H,17,18)/t9-,11+/m0/s1. The van der Waals surface area contributed by atoms with E-state index < -0.39 is 38.6 Å². The molecule has 0 bridgehead atoms. The van der Waals surface area contributed by atoms with E-state index in [-0.39, 0.29) is 12.7 Å². The normalized spacial score (nSPS) is 19.5. The first kappa shape index (κ1) is 17.8. The minimum absolute atomic E-state index is 0.123. The SMILES string of the molecule is C[C@H](OC[C@H]1CCCO1)C(=O)NS(=O)(=O)c1cc(F)ccc1F. The van der Waals surface area contributed by atoms with Crippen LogP contribution in [0.3, 0.4) is 0 Å². The molecule has 1 heterocycles. The number of hydrogen-bond donors (Lipinski definition) is 1. The zero-order valence-electron chi connectivity index (χ0n) is 12.4. The number of sulfonamides is 1. The van der Waals surface area contributed by atoms with Gasteiger partial charge in [0.05, 0.1) is 12.7 Å². The molecule has 0 radical (unpaired) electrons. The number of hydrogen-bond acceptors (Lipinski definition) is 5. The van der Waals surface area contributed by atoms with Gasteiger partial charge >= 0.3 is 0 Å². The van der Waals surface area contributed by atoms with E-state index in [9.17, 15) is 22.0 Å². The Morgan fingerprint density at radius 1 is 1.48 bits per heavy atom. The summed E-state index contributed by atoms with van der Waals surface area (Å²) in [4.78, 5) is 10.9. The average Bonchev–Trinajstić information content (AvgIpc) is 3.00. The van der Waals surface area contributed by atoms with Crippen LogP contribution in [0.4, 0.5) is 8.78 Å². The Kier molecular flexibility index (Phi) is 5.66. The maximum atomic E-state index is 13.5. The van der Waals surface area contributed by atoms with E-state index in [4.69, 9.17) is 9.47 Å². The summed E-state index contributed by atoms with van der Waals surface area (Å²) in [6, 6.07) is 1.96. The molecular formula is C14H17F2NO5S. The maximum absolute atomic E-state index is 13.5. The third-order valence-electron chi connectivity index (χ3n) is 3.34. The van der Waals surface area contributed by atoms with Gasteiger partial charge in [-0.05, 0) is 38.0 Å². The second kappa shape index (κ2) is 7.33. The highest BCUT2D eigenvalue weighted by Crippen LogP contribution is 2.16. The Hall–Kier alpha value is -1.58. The van der Waals surface area contributed by atoms with Crippen LogP contribution < -0.4 is 4.72 Å². The van der Waals surface area contributed by atoms with Crippen LogP contribution in [-0.2, 0) is 24.3 Å². The van der Waals surface area contributed by atoms with Crippen molar-refractivity contribution in [2.75, 3.05) is 13.2 Å². The lowest BCUT2D eigenvalue weighted by Crippen LogP contribution is -2.39. The minimum Gasteiger partial charge on any atom is -0.376 e. The summed E-state index contributed by atoms with van der Waals surface area (Å²) >= 11 is 0. The second-order valence-electron chi connectivity index (χ2n) is 5.16. The minimum atomic E-state index is -4.52. The number of benzene rings is 1. The molecule has 1 N–H and O–H groups in total. The highest BCUT2D eigenvalue weighted by molar-refractivity contribution is 7.90. The van der Waals surface area contributed by atoms with Crippen molar-refractivity contribution in [1.29, 1.82) is 0 Å². The van der Waals surface area contributed by atoms with Crippen molar-refractivity contribution in [1.82, 2.24) is 4.72 Å². The molecule has 23 heavy (non-hydrogen) atoms. The second-order valence-corrected chi connectivity index (χ2v) is 6.81. The van der Waals surface area contributed by atoms with Crippen LogP contribution in [0.15, 0.2) is 23.1 Å². The molecule has 9 heteroatoms. The average molecular weight is 349 g/mol. The molecular weight excluding hydrogens is 332 g/mol. The topological polar surface area (TPSA) is 81.7 Å². The van der Waals surface area contributed by atoms with Crippen LogP contribution in [0.25, 0.3) is 0 Å². The molecule has 1 saturated heterocycles. The van der Waals surface area contributed by atoms with Crippen molar-refractivity contribution < 1.29 is 31.5 Å². The van der Waals surface area contributed by atoms with Gasteiger partial charge in [0, 0.05) is 6.61 Å². The van der Waals surface area contributed by atoms with Gasteiger partial charge < -0.3 is 9.47 Å². The summed E-state index contributed by atoms with van der Waals surface area (Å²) < 4.78 is 62.8. The Morgan fingerprint density at radius 3 is 2.87 bits per heavy atom. The van der Waals surface area contributed by atoms with Crippen LogP contribution in [0.5, 0.6) is 0 Å². The van der Waals surface area contributed by atoms with Gasteiger partial charge in [-0.3, -0.25) is 4.79 Å². The first-order valence-electron chi connectivity index (χ1n) is 7.04. The van der Waals surface area contributed by atoms with E-state index in [1.54, 1.807) is 4.72 Å². The van der Waals surface area contributed by atoms with Gasteiger partial charge in [0.1, 0.15) is 22.6 Å². The van der Waals surface area contributed by atoms with Crippen LogP contribution in [-0.4, -0.2) is 39.7 Å². The summed E-state index contributed by atoms with van der Waals surface area (Å²) in [7, 11) is -4.52. The molecule has 128 valence electrons. The van der Waals surface area contributed by atoms with E-state index in [1.807, 2.05) is 0 Å². The van der Waals surface area contributed by atoms with E-state index in [2.05, 4.69) is 0 Å². The molecule has 0 spiro atoms. The molecule has 2 atom stereocenters. The van der Waals surface area contributed by atoms with Crippen molar-refractivity contribution in [3.63, 3.8) is 0 Å². The highest BCUT2D eigenvalue weighted by Gasteiger charge is 2.26. The molecule has 1 aromatic carbocycles. The third kappa shape index (κ3) is 4.69. The first-order valence-corrected chi connectivity index (χ1v) is 8.53. The molecule has 1 amide bonds. The lowest BCUT2D eigenvalue weighted by atomic mass is 10.2. The summed E-state index contributed by atoms with van der Waals surface area (Å²) in [6.45, 7) is 2.15. The number of carbonyl (C=O) groups is 1. The zero-order valence-corrected chi connectivity index (χ0v) is 13.2. The number of amides is 1. The predicted molar refractivity (Wildman–Crippen MR) is 76.1 cm³/mol. The van der Waals surface area contributed by atoms with E-state index in [1.165, 1.54) is 6.92 Å². The third-order valence-corrected chi connectivity index (χ3v) is 4.70. The quantitative estimate of drug-likeness (QED) is 0.838. The van der Waals surface area contributed by atoms with Crippen LogP contribution in [0, 0.1) is 11.6 Å². The lowest BCUT2D eigenvalue weighted by Gasteiger charge is -2.16. The van der Waals surface area contributed by atoms with Crippen LogP contribution >= 0.6 is 0 Å². The molecule has 0 saturated carbocycles. The van der Waals surface area contributed by atoms with Crippen molar-refractivity contribution in [3.05, 3.63) is 29.8 Å². The molecule has 0 aliphatic carbocycles. The molecule has 1 aliphatic rings. The van der Waals surface area contributed by atoms with Crippen molar-refractivity contribution >= 4 is 15.9 Å². The Bertz CT molecular complexity index is 674. The van der Waals surface area contributed by atoms with Crippen molar-refractivity contribution in [3.8, 4) is 0 Å². The fourth-order valence-electron chi connectivity index (χ4n) is 2.06. The van der Waals surface area contributed by atoms with E-state index >= 15 is 0 Å². The zero-order chi connectivity index (χ0) is 17.0. The van der Waals surface area contributed by atoms with Gasteiger partial charge in [-0.2, -0.15) is 0 Å². The molecule has 1 fully saturated rings. The molecule has 6 nitrogen and oxygen atoms in total. The summed E-state index contributed by atoms with van der Waals surface area (Å²) in [5, 5.41) is 0. The smallest absolute Gasteiger partial charge is 0.267 e. The molecule has 0 unspecified atom stereocenters. The summed E-state index contributed by atoms with van der Waals surface area (Å²) in [5.74, 6) is -3.05. The fraction of sp³-hybridized carbons (Fsp3) is 0.500. The van der Waals surface area contributed by atoms with Gasteiger partial charge in [0.15, 0.2) is 0 Å². The Labute approximate surface area is 132 Å². The van der Waals surface area contributed by atoms with E-state index in [0.29, 0.717) is 18.7 Å². The first-order chi connectivity index (χ1) is 10.8. The van der Waals surface area contributed by atoms with Gasteiger partial charge in [0.25, 0.3) is 15.9 Å². The van der Waals surface area contributed by atoms with Crippen molar-refractivity contribution in [2.24, 2.45) is 0 Å². The number of rotatable bonds is 6. The van der Waals surface area contributed by atoms with Gasteiger partial charge in [-0.25, -0.2) is 21.9 Å². The lowest BCUT2D eigenvalue weighted by molar-refractivity contribution is -0.131. The molecule has 2 rings (SSSR count). The largest absolute Gasteiger partial charge is 0.376 e. The van der Waals surface area contributed by atoms with Gasteiger partial charge in [-0.15, -0.1) is 0 Å². The molecule has 0 aromatic heterocycles. The molecule has 1 aromatic rings. The summed E-state index contributed by atoms with van der Waals surface area (Å²) in [6.07, 6.45) is 0.510. The highest BCUT2D eigenvalue weighted by atomic mass is 32.2. The van der Waals surface area contributed by atoms with Gasteiger partial charge in [0.2, 0.25) is 0 Å². The van der Waals surface area contributed by atoms with Gasteiger partial charge in [-0.1, -0.05) is 0 Å². The van der Waals surface area contributed by atoms with E-state index in [0.717, 1.165) is 18.9 Å². The monoisotopic (exact) mass is 349 g/mol. The number of carbonyl (C=O) groups excluding carboxylic acids is 1. The van der Waals surface area contributed by atoms with Crippen LogP contribution in [0.1, 0.15) is 19.8 Å². The number of halogens is 2.